The van der Waals surface area contributed by atoms with Gasteiger partial charge >= 0.3 is 0 Å². The van der Waals surface area contributed by atoms with E-state index in [1.54, 1.807) is 6.20 Å². The first-order valence-electron chi connectivity index (χ1n) is 10.3. The van der Waals surface area contributed by atoms with Gasteiger partial charge in [-0.3, -0.25) is 9.59 Å². The Labute approximate surface area is 166 Å². The minimum absolute atomic E-state index is 0.0755. The van der Waals surface area contributed by atoms with Crippen LogP contribution in [0.15, 0.2) is 6.20 Å². The second kappa shape index (κ2) is 9.32. The molecule has 28 heavy (non-hydrogen) atoms. The van der Waals surface area contributed by atoms with Crippen molar-refractivity contribution in [3.63, 3.8) is 0 Å². The summed E-state index contributed by atoms with van der Waals surface area (Å²) in [5.41, 5.74) is 0.483. The van der Waals surface area contributed by atoms with E-state index in [4.69, 9.17) is 0 Å². The van der Waals surface area contributed by atoms with E-state index >= 15 is 0 Å². The maximum absolute atomic E-state index is 12.0. The lowest BCUT2D eigenvalue weighted by Gasteiger charge is -2.33. The van der Waals surface area contributed by atoms with Crippen molar-refractivity contribution >= 4 is 23.5 Å². The van der Waals surface area contributed by atoms with E-state index in [0.29, 0.717) is 23.8 Å². The molecule has 3 rings (SSSR count). The van der Waals surface area contributed by atoms with Crippen molar-refractivity contribution in [1.82, 2.24) is 14.9 Å². The number of ketones is 1. The molecular formula is C20H31N5O3. The van der Waals surface area contributed by atoms with Gasteiger partial charge in [-0.2, -0.15) is 4.98 Å². The zero-order valence-corrected chi connectivity index (χ0v) is 16.8. The number of aliphatic hydroxyl groups excluding tert-OH is 1. The first-order chi connectivity index (χ1) is 13.5. The molecule has 0 atom stereocenters. The fourth-order valence-electron chi connectivity index (χ4n) is 3.91. The minimum Gasteiger partial charge on any atom is -0.393 e. The predicted octanol–water partition coefficient (Wildman–Crippen LogP) is 2.21. The second-order valence-electron chi connectivity index (χ2n) is 7.81. The van der Waals surface area contributed by atoms with Crippen molar-refractivity contribution in [2.45, 2.75) is 77.0 Å². The summed E-state index contributed by atoms with van der Waals surface area (Å²) in [5.74, 6) is 1.18. The highest BCUT2D eigenvalue weighted by molar-refractivity contribution is 5.98. The van der Waals surface area contributed by atoms with Crippen LogP contribution in [-0.2, 0) is 4.79 Å². The first-order valence-corrected chi connectivity index (χ1v) is 10.3. The number of aliphatic hydroxyl groups is 1. The van der Waals surface area contributed by atoms with Gasteiger partial charge in [-0.15, -0.1) is 0 Å². The number of likely N-dealkylation sites (tertiary alicyclic amines) is 1. The summed E-state index contributed by atoms with van der Waals surface area (Å²) in [5, 5.41) is 16.4. The number of aromatic nitrogens is 2. The Morgan fingerprint density at radius 2 is 1.75 bits per heavy atom. The number of amides is 1. The van der Waals surface area contributed by atoms with Crippen LogP contribution in [0.1, 0.15) is 69.2 Å². The van der Waals surface area contributed by atoms with E-state index in [2.05, 4.69) is 20.6 Å². The van der Waals surface area contributed by atoms with Crippen LogP contribution in [0.3, 0.4) is 0 Å². The summed E-state index contributed by atoms with van der Waals surface area (Å²) in [6.45, 7) is 4.84. The lowest BCUT2D eigenvalue weighted by atomic mass is 9.93. The largest absolute Gasteiger partial charge is 0.393 e. The molecule has 0 spiro atoms. The summed E-state index contributed by atoms with van der Waals surface area (Å²) in [6.07, 6.45) is 6.89. The molecular weight excluding hydrogens is 358 g/mol. The maximum Gasteiger partial charge on any atom is 0.224 e. The molecule has 154 valence electrons. The molecule has 0 aromatic carbocycles. The third-order valence-corrected chi connectivity index (χ3v) is 5.69. The van der Waals surface area contributed by atoms with Crippen LogP contribution in [0.2, 0.25) is 0 Å². The normalized spacial score (nSPS) is 23.3. The first kappa shape index (κ1) is 20.5. The highest BCUT2D eigenvalue weighted by atomic mass is 16.3. The highest BCUT2D eigenvalue weighted by Crippen LogP contribution is 2.24. The van der Waals surface area contributed by atoms with Gasteiger partial charge in [0.25, 0.3) is 0 Å². The van der Waals surface area contributed by atoms with E-state index in [-0.39, 0.29) is 29.9 Å². The average Bonchev–Trinajstić information content (AvgIpc) is 2.69. The Bertz CT molecular complexity index is 695. The molecule has 1 saturated carbocycles. The van der Waals surface area contributed by atoms with Gasteiger partial charge in [0.2, 0.25) is 11.9 Å². The van der Waals surface area contributed by atoms with E-state index < -0.39 is 0 Å². The zero-order valence-electron chi connectivity index (χ0n) is 16.8. The number of nitrogens with one attached hydrogen (secondary N) is 2. The van der Waals surface area contributed by atoms with E-state index in [1.165, 1.54) is 6.92 Å². The lowest BCUT2D eigenvalue weighted by molar-refractivity contribution is -0.131. The number of hydrogen-bond acceptors (Lipinski definition) is 7. The number of nitrogens with zero attached hydrogens (tertiary/aromatic N) is 3. The molecule has 3 N–H and O–H groups in total. The summed E-state index contributed by atoms with van der Waals surface area (Å²) in [4.78, 5) is 34.6. The van der Waals surface area contributed by atoms with Crippen molar-refractivity contribution in [3.05, 3.63) is 11.8 Å². The molecule has 8 heteroatoms. The summed E-state index contributed by atoms with van der Waals surface area (Å²) < 4.78 is 0. The lowest BCUT2D eigenvalue weighted by Crippen LogP contribution is -2.42. The molecule has 0 unspecified atom stereocenters. The topological polar surface area (TPSA) is 107 Å². The van der Waals surface area contributed by atoms with Gasteiger partial charge in [0, 0.05) is 37.8 Å². The van der Waals surface area contributed by atoms with Gasteiger partial charge in [-0.05, 0) is 45.4 Å². The number of rotatable bonds is 6. The second-order valence-corrected chi connectivity index (χ2v) is 7.81. The molecule has 8 nitrogen and oxygen atoms in total. The fraction of sp³-hybridized carbons (Fsp3) is 0.700. The number of Topliss-reactive ketones (excluding diaryl/α,β-unsaturated/α-hetero) is 1. The average molecular weight is 390 g/mol. The standard InChI is InChI=1S/C20H31N5O3/c1-3-18(28)25-10-8-15(9-11-25)22-19-17(13(2)26)12-21-20(24-19)23-14-4-6-16(27)7-5-14/h12,14-16,27H,3-11H2,1-2H3,(H2,21,22,23,24)/t14-,16-. The van der Waals surface area contributed by atoms with Gasteiger partial charge in [-0.25, -0.2) is 4.98 Å². The molecule has 0 radical (unpaired) electrons. The third-order valence-electron chi connectivity index (χ3n) is 5.69. The molecule has 1 aromatic rings. The summed E-state index contributed by atoms with van der Waals surface area (Å²) in [7, 11) is 0. The van der Waals surface area contributed by atoms with Gasteiger partial charge < -0.3 is 20.6 Å². The molecule has 1 aliphatic carbocycles. The molecule has 2 heterocycles. The zero-order chi connectivity index (χ0) is 20.1. The predicted molar refractivity (Wildman–Crippen MR) is 107 cm³/mol. The Balaban J connectivity index is 1.65. The number of piperidine rings is 1. The molecule has 0 bridgehead atoms. The molecule has 2 aliphatic rings. The van der Waals surface area contributed by atoms with Gasteiger partial charge in [0.15, 0.2) is 5.78 Å². The van der Waals surface area contributed by atoms with Crippen molar-refractivity contribution in [2.75, 3.05) is 23.7 Å². The van der Waals surface area contributed by atoms with Gasteiger partial charge in [0.1, 0.15) is 5.82 Å². The molecule has 1 aromatic heterocycles. The Kier molecular flexibility index (Phi) is 6.83. The smallest absolute Gasteiger partial charge is 0.224 e. The number of hydrogen-bond donors (Lipinski definition) is 3. The molecule has 1 amide bonds. The van der Waals surface area contributed by atoms with Crippen LogP contribution in [0.5, 0.6) is 0 Å². The molecule has 1 aliphatic heterocycles. The number of carbonyl (C=O) groups is 2. The maximum atomic E-state index is 12.0. The Morgan fingerprint density at radius 3 is 2.36 bits per heavy atom. The Hall–Kier alpha value is -2.22. The van der Waals surface area contributed by atoms with Crippen molar-refractivity contribution in [1.29, 1.82) is 0 Å². The van der Waals surface area contributed by atoms with E-state index in [1.807, 2.05) is 11.8 Å². The van der Waals surface area contributed by atoms with Gasteiger partial charge in [0.05, 0.1) is 11.7 Å². The van der Waals surface area contributed by atoms with E-state index in [9.17, 15) is 14.7 Å². The van der Waals surface area contributed by atoms with Crippen molar-refractivity contribution in [3.8, 4) is 0 Å². The quantitative estimate of drug-likeness (QED) is 0.640. The van der Waals surface area contributed by atoms with Gasteiger partial charge in [-0.1, -0.05) is 6.92 Å². The van der Waals surface area contributed by atoms with Crippen LogP contribution in [0.25, 0.3) is 0 Å². The Morgan fingerprint density at radius 1 is 1.11 bits per heavy atom. The third kappa shape index (κ3) is 5.19. The monoisotopic (exact) mass is 389 g/mol. The van der Waals surface area contributed by atoms with Crippen LogP contribution in [-0.4, -0.2) is 62.9 Å². The van der Waals surface area contributed by atoms with Crippen LogP contribution < -0.4 is 10.6 Å². The minimum atomic E-state index is -0.207. The highest BCUT2D eigenvalue weighted by Gasteiger charge is 2.24. The molecule has 2 fully saturated rings. The number of anilines is 2. The number of carbonyl (C=O) groups excluding carboxylic acids is 2. The van der Waals surface area contributed by atoms with E-state index in [0.717, 1.165) is 51.6 Å². The molecule has 1 saturated heterocycles. The van der Waals surface area contributed by atoms with Crippen LogP contribution >= 0.6 is 0 Å². The summed E-state index contributed by atoms with van der Waals surface area (Å²) >= 11 is 0. The van der Waals surface area contributed by atoms with Crippen molar-refractivity contribution in [2.24, 2.45) is 0 Å². The summed E-state index contributed by atoms with van der Waals surface area (Å²) in [6, 6.07) is 0.411. The van der Waals surface area contributed by atoms with Crippen LogP contribution in [0, 0.1) is 0 Å². The fourth-order valence-corrected chi connectivity index (χ4v) is 3.91. The van der Waals surface area contributed by atoms with Crippen LogP contribution in [0.4, 0.5) is 11.8 Å². The van der Waals surface area contributed by atoms with Crippen molar-refractivity contribution < 1.29 is 14.7 Å². The SMILES string of the molecule is CCC(=O)N1CCC(Nc2nc(N[C@H]3CC[C@H](O)CC3)ncc2C(C)=O)CC1.